The van der Waals surface area contributed by atoms with Gasteiger partial charge < -0.3 is 16.0 Å². The van der Waals surface area contributed by atoms with Crippen LogP contribution in [-0.2, 0) is 11.3 Å². The maximum Gasteiger partial charge on any atom is 0.251 e. The van der Waals surface area contributed by atoms with Crippen molar-refractivity contribution < 1.29 is 9.59 Å². The summed E-state index contributed by atoms with van der Waals surface area (Å²) in [6, 6.07) is 7.33. The monoisotopic (exact) mass is 317 g/mol. The Labute approximate surface area is 138 Å². The maximum atomic E-state index is 12.1. The van der Waals surface area contributed by atoms with Crippen molar-refractivity contribution >= 4 is 11.8 Å². The lowest BCUT2D eigenvalue weighted by molar-refractivity contribution is -0.122. The molecule has 126 valence electrons. The lowest BCUT2D eigenvalue weighted by Gasteiger charge is -2.28. The van der Waals surface area contributed by atoms with Gasteiger partial charge in [0.05, 0.1) is 0 Å². The molecule has 1 saturated heterocycles. The van der Waals surface area contributed by atoms with Crippen molar-refractivity contribution in [2.45, 2.75) is 32.7 Å². The van der Waals surface area contributed by atoms with E-state index >= 15 is 0 Å². The second-order valence-corrected chi connectivity index (χ2v) is 6.34. The first-order valence-corrected chi connectivity index (χ1v) is 8.38. The van der Waals surface area contributed by atoms with Gasteiger partial charge in [0.2, 0.25) is 5.91 Å². The zero-order valence-corrected chi connectivity index (χ0v) is 14.0. The molecule has 0 aromatic heterocycles. The van der Waals surface area contributed by atoms with E-state index in [1.165, 1.54) is 12.8 Å². The molecule has 2 unspecified atom stereocenters. The number of carbonyl (C=O) groups is 2. The van der Waals surface area contributed by atoms with Crippen LogP contribution in [0.15, 0.2) is 24.3 Å². The first-order chi connectivity index (χ1) is 11.1. The average Bonchev–Trinajstić information content (AvgIpc) is 2.60. The van der Waals surface area contributed by atoms with Gasteiger partial charge in [-0.25, -0.2) is 0 Å². The highest BCUT2D eigenvalue weighted by molar-refractivity contribution is 5.94. The number of hydrogen-bond acceptors (Lipinski definition) is 3. The topological polar surface area (TPSA) is 70.2 Å². The largest absolute Gasteiger partial charge is 0.355 e. The number of rotatable bonds is 6. The van der Waals surface area contributed by atoms with Crippen molar-refractivity contribution in [1.29, 1.82) is 0 Å². The molecule has 1 heterocycles. The van der Waals surface area contributed by atoms with E-state index in [1.54, 1.807) is 13.1 Å². The van der Waals surface area contributed by atoms with Gasteiger partial charge in [0.1, 0.15) is 0 Å². The number of benzene rings is 1. The number of amides is 2. The molecule has 0 bridgehead atoms. The Morgan fingerprint density at radius 3 is 2.91 bits per heavy atom. The van der Waals surface area contributed by atoms with Crippen molar-refractivity contribution in [2.24, 2.45) is 11.8 Å². The molecule has 5 heteroatoms. The average molecular weight is 317 g/mol. The minimum Gasteiger partial charge on any atom is -0.355 e. The normalized spacial score (nSPS) is 19.0. The summed E-state index contributed by atoms with van der Waals surface area (Å²) in [4.78, 5) is 23.8. The minimum atomic E-state index is -0.114. The van der Waals surface area contributed by atoms with Crippen LogP contribution < -0.4 is 16.0 Å². The van der Waals surface area contributed by atoms with Crippen molar-refractivity contribution in [3.8, 4) is 0 Å². The fourth-order valence-electron chi connectivity index (χ4n) is 3.06. The van der Waals surface area contributed by atoms with E-state index in [4.69, 9.17) is 0 Å². The van der Waals surface area contributed by atoms with Gasteiger partial charge >= 0.3 is 0 Å². The second kappa shape index (κ2) is 8.67. The van der Waals surface area contributed by atoms with Crippen LogP contribution in [0.1, 0.15) is 42.1 Å². The SMILES string of the molecule is CNC(=O)c1cccc(CNC(=O)CC(C)C2CCCNC2)c1. The third-order valence-electron chi connectivity index (χ3n) is 4.55. The summed E-state index contributed by atoms with van der Waals surface area (Å²) in [6.07, 6.45) is 2.96. The van der Waals surface area contributed by atoms with Gasteiger partial charge in [-0.1, -0.05) is 19.1 Å². The predicted octanol–water partition coefficient (Wildman–Crippen LogP) is 1.69. The van der Waals surface area contributed by atoms with Crippen LogP contribution in [-0.4, -0.2) is 32.0 Å². The van der Waals surface area contributed by atoms with E-state index in [-0.39, 0.29) is 11.8 Å². The second-order valence-electron chi connectivity index (χ2n) is 6.34. The Kier molecular flexibility index (Phi) is 6.59. The molecule has 1 aromatic rings. The molecule has 0 aliphatic carbocycles. The first-order valence-electron chi connectivity index (χ1n) is 8.38. The van der Waals surface area contributed by atoms with Crippen LogP contribution in [0, 0.1) is 11.8 Å². The van der Waals surface area contributed by atoms with Crippen molar-refractivity contribution in [3.05, 3.63) is 35.4 Å². The molecule has 0 spiro atoms. The Hall–Kier alpha value is -1.88. The maximum absolute atomic E-state index is 12.1. The van der Waals surface area contributed by atoms with Crippen LogP contribution in [0.4, 0.5) is 0 Å². The molecule has 1 aliphatic heterocycles. The van der Waals surface area contributed by atoms with Gasteiger partial charge in [-0.15, -0.1) is 0 Å². The Balaban J connectivity index is 1.80. The number of carbonyl (C=O) groups excluding carboxylic acids is 2. The highest BCUT2D eigenvalue weighted by atomic mass is 16.2. The van der Waals surface area contributed by atoms with Gasteiger partial charge in [0.25, 0.3) is 5.91 Å². The fourth-order valence-corrected chi connectivity index (χ4v) is 3.06. The minimum absolute atomic E-state index is 0.0772. The summed E-state index contributed by atoms with van der Waals surface area (Å²) in [7, 11) is 1.61. The lowest BCUT2D eigenvalue weighted by atomic mass is 9.85. The van der Waals surface area contributed by atoms with Crippen LogP contribution in [0.2, 0.25) is 0 Å². The Bertz CT molecular complexity index is 539. The summed E-state index contributed by atoms with van der Waals surface area (Å²) in [6.45, 7) is 4.72. The molecule has 1 aliphatic rings. The zero-order valence-electron chi connectivity index (χ0n) is 14.0. The molecule has 23 heavy (non-hydrogen) atoms. The van der Waals surface area contributed by atoms with Gasteiger partial charge in [0.15, 0.2) is 0 Å². The first kappa shape index (κ1) is 17.5. The van der Waals surface area contributed by atoms with Gasteiger partial charge in [-0.2, -0.15) is 0 Å². The van der Waals surface area contributed by atoms with Crippen LogP contribution in [0.25, 0.3) is 0 Å². The van der Waals surface area contributed by atoms with Crippen molar-refractivity contribution in [1.82, 2.24) is 16.0 Å². The summed E-state index contributed by atoms with van der Waals surface area (Å²) in [5.74, 6) is 0.941. The van der Waals surface area contributed by atoms with E-state index in [0.29, 0.717) is 30.4 Å². The molecule has 2 atom stereocenters. The highest BCUT2D eigenvalue weighted by Crippen LogP contribution is 2.22. The zero-order chi connectivity index (χ0) is 16.7. The molecule has 2 amide bonds. The van der Waals surface area contributed by atoms with Crippen LogP contribution >= 0.6 is 0 Å². The molecule has 3 N–H and O–H groups in total. The molecular formula is C18H27N3O2. The summed E-state index contributed by atoms with van der Waals surface area (Å²) >= 11 is 0. The van der Waals surface area contributed by atoms with Crippen molar-refractivity contribution in [3.63, 3.8) is 0 Å². The van der Waals surface area contributed by atoms with E-state index in [2.05, 4.69) is 22.9 Å². The van der Waals surface area contributed by atoms with Crippen LogP contribution in [0.5, 0.6) is 0 Å². The molecule has 5 nitrogen and oxygen atoms in total. The van der Waals surface area contributed by atoms with Gasteiger partial charge in [-0.05, 0) is 55.5 Å². The van der Waals surface area contributed by atoms with E-state index in [9.17, 15) is 9.59 Å². The molecule has 2 rings (SSSR count). The standard InChI is InChI=1S/C18H27N3O2/c1-13(16-7-4-8-20-12-16)9-17(22)21-11-14-5-3-6-15(10-14)18(23)19-2/h3,5-6,10,13,16,20H,4,7-9,11-12H2,1-2H3,(H,19,23)(H,21,22). The Morgan fingerprint density at radius 1 is 1.39 bits per heavy atom. The molecular weight excluding hydrogens is 290 g/mol. The fraction of sp³-hybridized carbons (Fsp3) is 0.556. The summed E-state index contributed by atoms with van der Waals surface area (Å²) in [5, 5.41) is 8.97. The number of nitrogens with one attached hydrogen (secondary N) is 3. The smallest absolute Gasteiger partial charge is 0.251 e. The third kappa shape index (κ3) is 5.36. The quantitative estimate of drug-likeness (QED) is 0.748. The summed E-state index contributed by atoms with van der Waals surface area (Å²) < 4.78 is 0. The van der Waals surface area contributed by atoms with E-state index in [1.807, 2.05) is 18.2 Å². The molecule has 0 radical (unpaired) electrons. The van der Waals surface area contributed by atoms with Crippen molar-refractivity contribution in [2.75, 3.05) is 20.1 Å². The predicted molar refractivity (Wildman–Crippen MR) is 91.1 cm³/mol. The highest BCUT2D eigenvalue weighted by Gasteiger charge is 2.21. The van der Waals surface area contributed by atoms with E-state index < -0.39 is 0 Å². The van der Waals surface area contributed by atoms with Gasteiger partial charge in [-0.3, -0.25) is 9.59 Å². The lowest BCUT2D eigenvalue weighted by Crippen LogP contribution is -2.35. The summed E-state index contributed by atoms with van der Waals surface area (Å²) in [5.41, 5.74) is 1.55. The number of piperidine rings is 1. The molecule has 0 saturated carbocycles. The third-order valence-corrected chi connectivity index (χ3v) is 4.55. The Morgan fingerprint density at radius 2 is 2.22 bits per heavy atom. The molecule has 1 fully saturated rings. The van der Waals surface area contributed by atoms with Gasteiger partial charge in [0, 0.05) is 25.6 Å². The van der Waals surface area contributed by atoms with Crippen LogP contribution in [0.3, 0.4) is 0 Å². The molecule has 1 aromatic carbocycles. The number of hydrogen-bond donors (Lipinski definition) is 3. The van der Waals surface area contributed by atoms with E-state index in [0.717, 1.165) is 18.7 Å².